The standard InChI is InChI=1S/C5H7NO2/c1-2-8-5(7)3-4-6/h2-3H2,1H3/i4+2. The number of nitriles is 1. The Kier molecular flexibility index (Phi) is 3.59. The van der Waals surface area contributed by atoms with Crippen molar-refractivity contribution in [3.05, 3.63) is 0 Å². The summed E-state index contributed by atoms with van der Waals surface area (Å²) in [5.74, 6) is -0.449. The summed E-state index contributed by atoms with van der Waals surface area (Å²) < 4.78 is 4.42. The Morgan fingerprint density at radius 1 is 1.88 bits per heavy atom. The first-order valence-electron chi connectivity index (χ1n) is 2.33. The number of rotatable bonds is 2. The van der Waals surface area contributed by atoms with Gasteiger partial charge in [0.1, 0.15) is 6.42 Å². The molecule has 0 aromatic carbocycles. The molecule has 0 aliphatic carbocycles. The molecule has 0 fully saturated rings. The third-order valence-electron chi connectivity index (χ3n) is 0.529. The van der Waals surface area contributed by atoms with E-state index in [2.05, 4.69) is 4.74 Å². The molecule has 0 bridgehead atoms. The van der Waals surface area contributed by atoms with E-state index < -0.39 is 5.97 Å². The second-order valence-corrected chi connectivity index (χ2v) is 1.14. The Balaban J connectivity index is 3.23. The number of hydrogen-bond donors (Lipinski definition) is 0. The van der Waals surface area contributed by atoms with E-state index in [1.165, 1.54) is 0 Å². The first kappa shape index (κ1) is 6.96. The molecule has 8 heavy (non-hydrogen) atoms. The Bertz CT molecular complexity index is 114. The van der Waals surface area contributed by atoms with E-state index in [-0.39, 0.29) is 6.42 Å². The number of carbonyl (C=O) groups excluding carboxylic acids is 1. The van der Waals surface area contributed by atoms with Crippen LogP contribution in [0.4, 0.5) is 0 Å². The summed E-state index contributed by atoms with van der Waals surface area (Å²) >= 11 is 0. The molecule has 0 atom stereocenters. The molecule has 3 heteroatoms. The van der Waals surface area contributed by atoms with E-state index in [9.17, 15) is 4.79 Å². The van der Waals surface area contributed by atoms with Crippen LogP contribution in [0.1, 0.15) is 13.3 Å². The van der Waals surface area contributed by atoms with E-state index in [4.69, 9.17) is 5.26 Å². The van der Waals surface area contributed by atoms with Gasteiger partial charge in [-0.2, -0.15) is 5.26 Å². The lowest BCUT2D eigenvalue weighted by Gasteiger charge is -1.92. The van der Waals surface area contributed by atoms with Crippen molar-refractivity contribution >= 4 is 5.97 Å². The van der Waals surface area contributed by atoms with Crippen LogP contribution in [0.2, 0.25) is 0 Å². The smallest absolute Gasteiger partial charge is 0.320 e. The third-order valence-corrected chi connectivity index (χ3v) is 0.529. The Hall–Kier alpha value is -1.04. The van der Waals surface area contributed by atoms with E-state index in [0.29, 0.717) is 6.61 Å². The minimum atomic E-state index is -0.449. The molecule has 3 nitrogen and oxygen atoms in total. The largest absolute Gasteiger partial charge is 0.465 e. The highest BCUT2D eigenvalue weighted by Crippen LogP contribution is 1.81. The van der Waals surface area contributed by atoms with Gasteiger partial charge in [-0.1, -0.05) is 0 Å². The molecule has 0 saturated heterocycles. The normalized spacial score (nSPS) is 7.50. The summed E-state index contributed by atoms with van der Waals surface area (Å²) in [5.41, 5.74) is 0. The van der Waals surface area contributed by atoms with Gasteiger partial charge in [-0.15, -0.1) is 0 Å². The van der Waals surface area contributed by atoms with Gasteiger partial charge in [0.2, 0.25) is 0 Å². The number of nitrogens with zero attached hydrogens (tertiary/aromatic N) is 1. The average molecular weight is 115 g/mol. The maximum Gasteiger partial charge on any atom is 0.320 e. The summed E-state index contributed by atoms with van der Waals surface area (Å²) in [6, 6.07) is 1.68. The highest BCUT2D eigenvalue weighted by Gasteiger charge is 1.95. The second-order valence-electron chi connectivity index (χ2n) is 1.14. The summed E-state index contributed by atoms with van der Waals surface area (Å²) in [4.78, 5) is 10.2. The molecule has 0 radical (unpaired) electrons. The highest BCUT2D eigenvalue weighted by atomic mass is 16.5. The molecule has 0 amide bonds. The maximum absolute atomic E-state index is 10.2. The molecule has 0 rings (SSSR count). The van der Waals surface area contributed by atoms with Gasteiger partial charge >= 0.3 is 5.97 Å². The molecule has 0 aromatic rings. The molecule has 0 aliphatic rings. The van der Waals surface area contributed by atoms with Crippen LogP contribution in [0.3, 0.4) is 0 Å². The van der Waals surface area contributed by atoms with Crippen molar-refractivity contribution in [2.45, 2.75) is 13.3 Å². The predicted molar refractivity (Wildman–Crippen MR) is 26.9 cm³/mol. The quantitative estimate of drug-likeness (QED) is 0.491. The molecule has 0 unspecified atom stereocenters. The molecule has 0 aliphatic heterocycles. The van der Waals surface area contributed by atoms with Crippen molar-refractivity contribution in [1.29, 1.82) is 5.26 Å². The van der Waals surface area contributed by atoms with Gasteiger partial charge < -0.3 is 4.74 Å². The summed E-state index contributed by atoms with van der Waals surface area (Å²) in [5, 5.41) is 7.91. The van der Waals surface area contributed by atoms with Crippen molar-refractivity contribution in [1.82, 2.24) is 0 Å². The van der Waals surface area contributed by atoms with Crippen molar-refractivity contribution in [2.75, 3.05) is 6.61 Å². The van der Waals surface area contributed by atoms with Crippen LogP contribution in [-0.2, 0) is 9.53 Å². The van der Waals surface area contributed by atoms with Crippen LogP contribution in [0.15, 0.2) is 0 Å². The minimum Gasteiger partial charge on any atom is -0.465 e. The molecular formula is C5H7NO2. The van der Waals surface area contributed by atoms with E-state index in [0.717, 1.165) is 0 Å². The molecule has 44 valence electrons. The van der Waals surface area contributed by atoms with Gasteiger partial charge in [0.25, 0.3) is 0 Å². The van der Waals surface area contributed by atoms with Crippen molar-refractivity contribution < 1.29 is 9.53 Å². The lowest BCUT2D eigenvalue weighted by molar-refractivity contribution is -0.141. The number of hydrogen-bond acceptors (Lipinski definition) is 3. The van der Waals surface area contributed by atoms with E-state index in [1.807, 2.05) is 0 Å². The lowest BCUT2D eigenvalue weighted by atomic mass is 10.7. The highest BCUT2D eigenvalue weighted by molar-refractivity contribution is 5.71. The monoisotopic (exact) mass is 115 g/mol. The minimum absolute atomic E-state index is 0.145. The van der Waals surface area contributed by atoms with Crippen LogP contribution in [0, 0.1) is 11.3 Å². The average Bonchev–Trinajstić information content (AvgIpc) is 1.68. The SMILES string of the molecule is CCOC(=O)C[14C]#N. The first-order valence-corrected chi connectivity index (χ1v) is 2.33. The molecule has 0 spiro atoms. The van der Waals surface area contributed by atoms with Crippen molar-refractivity contribution in [2.24, 2.45) is 0 Å². The summed E-state index contributed by atoms with van der Waals surface area (Å²) in [6.07, 6.45) is -0.145. The fourth-order valence-electron chi connectivity index (χ4n) is 0.277. The molecule has 0 N–H and O–H groups in total. The van der Waals surface area contributed by atoms with Gasteiger partial charge in [-0.25, -0.2) is 0 Å². The Morgan fingerprint density at radius 2 is 2.50 bits per heavy atom. The van der Waals surface area contributed by atoms with Crippen LogP contribution in [0.5, 0.6) is 0 Å². The van der Waals surface area contributed by atoms with E-state index in [1.54, 1.807) is 13.0 Å². The third kappa shape index (κ3) is 3.16. The van der Waals surface area contributed by atoms with Crippen LogP contribution in [-0.4, -0.2) is 12.6 Å². The van der Waals surface area contributed by atoms with E-state index >= 15 is 0 Å². The van der Waals surface area contributed by atoms with Crippen LogP contribution < -0.4 is 0 Å². The van der Waals surface area contributed by atoms with Crippen molar-refractivity contribution in [3.8, 4) is 6.07 Å². The Labute approximate surface area is 47.9 Å². The fourth-order valence-corrected chi connectivity index (χ4v) is 0.277. The van der Waals surface area contributed by atoms with Gasteiger partial charge in [-0.3, -0.25) is 4.79 Å². The van der Waals surface area contributed by atoms with Crippen molar-refractivity contribution in [3.63, 3.8) is 0 Å². The summed E-state index contributed by atoms with van der Waals surface area (Å²) in [7, 11) is 0. The molecule has 0 aromatic heterocycles. The maximum atomic E-state index is 10.2. The Morgan fingerprint density at radius 3 is 2.88 bits per heavy atom. The van der Waals surface area contributed by atoms with Crippen LogP contribution >= 0.6 is 0 Å². The van der Waals surface area contributed by atoms with Gasteiger partial charge in [0.15, 0.2) is 0 Å². The fraction of sp³-hybridized carbons (Fsp3) is 0.600. The lowest BCUT2D eigenvalue weighted by Crippen LogP contribution is -2.01. The van der Waals surface area contributed by atoms with Gasteiger partial charge in [-0.05, 0) is 6.92 Å². The van der Waals surface area contributed by atoms with Gasteiger partial charge in [0, 0.05) is 0 Å². The topological polar surface area (TPSA) is 50.1 Å². The van der Waals surface area contributed by atoms with Gasteiger partial charge in [0.05, 0.1) is 12.7 Å². The van der Waals surface area contributed by atoms with Crippen LogP contribution in [0.25, 0.3) is 0 Å². The molecular weight excluding hydrogens is 108 g/mol. The number of carbonyl (C=O) groups is 1. The second kappa shape index (κ2) is 4.13. The predicted octanol–water partition coefficient (Wildman–Crippen LogP) is 0.463. The first-order chi connectivity index (χ1) is 3.81. The molecule has 0 saturated carbocycles. The number of esters is 1. The summed E-state index contributed by atoms with van der Waals surface area (Å²) in [6.45, 7) is 2.05. The number of ether oxygens (including phenoxy) is 1. The zero-order valence-corrected chi connectivity index (χ0v) is 4.68. The molecule has 0 heterocycles. The zero-order chi connectivity index (χ0) is 6.41. The zero-order valence-electron chi connectivity index (χ0n) is 4.68.